The molecule has 1 heterocycles. The van der Waals surface area contributed by atoms with E-state index in [2.05, 4.69) is 26.6 Å². The number of nitrogens with two attached hydrogens (primary N) is 2. The molecular formula is C39H53N9O6. The van der Waals surface area contributed by atoms with Gasteiger partial charge >= 0.3 is 0 Å². The highest BCUT2D eigenvalue weighted by Gasteiger charge is 2.35. The molecule has 0 unspecified atom stereocenters. The minimum atomic E-state index is -1.12. The number of phenols is 1. The van der Waals surface area contributed by atoms with Gasteiger partial charge in [0.05, 0.1) is 6.54 Å². The van der Waals surface area contributed by atoms with Crippen LogP contribution in [0.4, 0.5) is 0 Å². The number of benzene rings is 3. The summed E-state index contributed by atoms with van der Waals surface area (Å²) >= 11 is 0. The number of phenolic OH excluding ortho intramolecular Hbond substituents is 1. The van der Waals surface area contributed by atoms with E-state index in [9.17, 15) is 29.1 Å². The Balaban J connectivity index is 1.68. The molecule has 0 spiro atoms. The second-order valence-electron chi connectivity index (χ2n) is 13.6. The van der Waals surface area contributed by atoms with Crippen LogP contribution in [0.15, 0.2) is 66.7 Å². The highest BCUT2D eigenvalue weighted by Crippen LogP contribution is 2.18. The van der Waals surface area contributed by atoms with E-state index < -0.39 is 60.2 Å². The van der Waals surface area contributed by atoms with Crippen molar-refractivity contribution in [2.45, 2.75) is 82.5 Å². The number of carbonyl (C=O) groups is 5. The van der Waals surface area contributed by atoms with Crippen LogP contribution < -0.4 is 38.1 Å². The number of fused-ring (bicyclic) bond motifs is 1. The molecule has 290 valence electrons. The van der Waals surface area contributed by atoms with Gasteiger partial charge in [0.25, 0.3) is 0 Å². The summed E-state index contributed by atoms with van der Waals surface area (Å²) in [6.45, 7) is 2.08. The number of nitrogens with zero attached hydrogens (tertiary/aromatic N) is 1. The van der Waals surface area contributed by atoms with Gasteiger partial charge in [0, 0.05) is 25.9 Å². The zero-order valence-electron chi connectivity index (χ0n) is 30.7. The zero-order chi connectivity index (χ0) is 39.0. The molecule has 1 aliphatic rings. The monoisotopic (exact) mass is 743 g/mol. The van der Waals surface area contributed by atoms with E-state index >= 15 is 0 Å². The van der Waals surface area contributed by atoms with Crippen molar-refractivity contribution in [1.82, 2.24) is 31.5 Å². The van der Waals surface area contributed by atoms with Gasteiger partial charge in [-0.3, -0.25) is 29.4 Å². The van der Waals surface area contributed by atoms with Crippen molar-refractivity contribution >= 4 is 46.3 Å². The molecular weight excluding hydrogens is 690 g/mol. The van der Waals surface area contributed by atoms with Gasteiger partial charge in [0.2, 0.25) is 29.5 Å². The first-order chi connectivity index (χ1) is 25.9. The topological polar surface area (TPSA) is 245 Å². The Bertz CT molecular complexity index is 1770. The van der Waals surface area contributed by atoms with Crippen LogP contribution in [0.1, 0.15) is 56.6 Å². The van der Waals surface area contributed by atoms with Gasteiger partial charge in [-0.1, -0.05) is 67.4 Å². The average Bonchev–Trinajstić information content (AvgIpc) is 3.15. The van der Waals surface area contributed by atoms with Crippen molar-refractivity contribution in [2.75, 3.05) is 26.2 Å². The van der Waals surface area contributed by atoms with Gasteiger partial charge < -0.3 is 48.1 Å². The van der Waals surface area contributed by atoms with Crippen LogP contribution in [-0.2, 0) is 36.8 Å². The first kappa shape index (κ1) is 41.1. The Morgan fingerprint density at radius 3 is 2.19 bits per heavy atom. The lowest BCUT2D eigenvalue weighted by atomic mass is 10.0. The molecule has 3 aromatic rings. The van der Waals surface area contributed by atoms with Crippen LogP contribution in [0.2, 0.25) is 0 Å². The second-order valence-corrected chi connectivity index (χ2v) is 13.6. The molecule has 0 bridgehead atoms. The number of unbranched alkanes of at least 4 members (excludes halogenated alkanes) is 3. The number of amides is 5. The third kappa shape index (κ3) is 12.5. The third-order valence-corrected chi connectivity index (χ3v) is 9.42. The molecule has 15 heteroatoms. The lowest BCUT2D eigenvalue weighted by molar-refractivity contribution is -0.143. The fourth-order valence-corrected chi connectivity index (χ4v) is 6.39. The molecule has 1 saturated heterocycles. The predicted octanol–water partition coefficient (Wildman–Crippen LogP) is 0.914. The van der Waals surface area contributed by atoms with Gasteiger partial charge in [-0.2, -0.15) is 0 Å². The molecule has 4 atom stereocenters. The minimum Gasteiger partial charge on any atom is -0.508 e. The highest BCUT2D eigenvalue weighted by atomic mass is 16.3. The molecule has 5 amide bonds. The Kier molecular flexibility index (Phi) is 15.6. The van der Waals surface area contributed by atoms with Crippen LogP contribution in [0, 0.1) is 5.41 Å². The molecule has 3 aromatic carbocycles. The molecule has 0 aromatic heterocycles. The summed E-state index contributed by atoms with van der Waals surface area (Å²) < 4.78 is 0. The van der Waals surface area contributed by atoms with E-state index in [1.807, 2.05) is 42.5 Å². The van der Waals surface area contributed by atoms with Crippen LogP contribution in [0.25, 0.3) is 10.8 Å². The fraction of sp³-hybridized carbons (Fsp3) is 0.436. The van der Waals surface area contributed by atoms with Crippen LogP contribution in [-0.4, -0.2) is 95.8 Å². The Labute approximate surface area is 315 Å². The Hall–Kier alpha value is -5.70. The molecule has 4 rings (SSSR count). The molecule has 1 fully saturated rings. The number of nitrogens with one attached hydrogen (secondary N) is 6. The maximum atomic E-state index is 14.4. The van der Waals surface area contributed by atoms with Crippen molar-refractivity contribution < 1.29 is 29.1 Å². The van der Waals surface area contributed by atoms with E-state index in [4.69, 9.17) is 16.9 Å². The van der Waals surface area contributed by atoms with Crippen molar-refractivity contribution in [3.63, 3.8) is 0 Å². The number of hydrogen-bond donors (Lipinski definition) is 9. The van der Waals surface area contributed by atoms with Crippen LogP contribution in [0.5, 0.6) is 5.75 Å². The fourth-order valence-electron chi connectivity index (χ4n) is 6.39. The van der Waals surface area contributed by atoms with Gasteiger partial charge in [-0.15, -0.1) is 0 Å². The number of aromatic hydroxyl groups is 1. The number of hydrogen-bond acceptors (Lipinski definition) is 8. The molecule has 0 saturated carbocycles. The van der Waals surface area contributed by atoms with Crippen molar-refractivity contribution in [3.05, 3.63) is 77.9 Å². The normalized spacial score (nSPS) is 20.3. The maximum Gasteiger partial charge on any atom is 0.246 e. The predicted molar refractivity (Wildman–Crippen MR) is 206 cm³/mol. The quantitative estimate of drug-likeness (QED) is 0.0647. The number of carbonyl (C=O) groups excluding carboxylic acids is 5. The molecule has 0 radical (unpaired) electrons. The van der Waals surface area contributed by atoms with Gasteiger partial charge in [0.15, 0.2) is 5.96 Å². The van der Waals surface area contributed by atoms with Gasteiger partial charge in [0.1, 0.15) is 29.9 Å². The van der Waals surface area contributed by atoms with E-state index in [1.165, 1.54) is 17.0 Å². The Morgan fingerprint density at radius 1 is 0.796 bits per heavy atom. The summed E-state index contributed by atoms with van der Waals surface area (Å²) in [4.78, 5) is 70.9. The van der Waals surface area contributed by atoms with Crippen molar-refractivity contribution in [1.29, 1.82) is 5.41 Å². The van der Waals surface area contributed by atoms with Crippen molar-refractivity contribution in [2.24, 2.45) is 11.5 Å². The largest absolute Gasteiger partial charge is 0.508 e. The van der Waals surface area contributed by atoms with E-state index in [-0.39, 0.29) is 44.1 Å². The lowest BCUT2D eigenvalue weighted by Crippen LogP contribution is -2.58. The SMILES string of the molecule is C[C@@H]1C(=O)N[C@@H](CCCNC(=N)N)C(=O)N[C@@H](Cc2ccc3ccccc3c2)C(=O)NCC(=O)N[C@H](Cc2ccc(O)cc2)C(=O)N1CCCCCCN. The van der Waals surface area contributed by atoms with E-state index in [0.29, 0.717) is 24.9 Å². The van der Waals surface area contributed by atoms with Crippen LogP contribution >= 0.6 is 0 Å². The smallest absolute Gasteiger partial charge is 0.246 e. The summed E-state index contributed by atoms with van der Waals surface area (Å²) in [6.07, 6.45) is 3.57. The summed E-state index contributed by atoms with van der Waals surface area (Å²) in [5.41, 5.74) is 12.5. The minimum absolute atomic E-state index is 0.0383. The standard InChI is InChI=1S/C39H53N9O6/c1-25-35(51)46-31(11-8-19-43-39(41)42)37(53)47-32(23-27-12-15-28-9-4-5-10-29(28)21-27)36(52)44-24-34(50)45-33(22-26-13-16-30(49)17-14-26)38(54)48(25)20-7-3-2-6-18-40/h4-5,9-10,12-17,21,25,31-33,49H,2-3,6-8,11,18-20,22-24,40H2,1H3,(H,44,52)(H,45,50)(H,46,51)(H,47,53)(H4,41,42,43)/t25-,31+,32+,33-/m1/s1. The van der Waals surface area contributed by atoms with E-state index in [1.54, 1.807) is 19.1 Å². The van der Waals surface area contributed by atoms with E-state index in [0.717, 1.165) is 35.6 Å². The molecule has 54 heavy (non-hydrogen) atoms. The second kappa shape index (κ2) is 20.5. The summed E-state index contributed by atoms with van der Waals surface area (Å²) in [5.74, 6) is -3.19. The third-order valence-electron chi connectivity index (χ3n) is 9.42. The maximum absolute atomic E-state index is 14.4. The molecule has 0 aliphatic carbocycles. The lowest BCUT2D eigenvalue weighted by Gasteiger charge is -2.33. The highest BCUT2D eigenvalue weighted by molar-refractivity contribution is 5.97. The first-order valence-corrected chi connectivity index (χ1v) is 18.5. The molecule has 1 aliphatic heterocycles. The average molecular weight is 744 g/mol. The zero-order valence-corrected chi connectivity index (χ0v) is 30.7. The van der Waals surface area contributed by atoms with Crippen molar-refractivity contribution in [3.8, 4) is 5.75 Å². The number of rotatable bonds is 14. The molecule has 15 nitrogen and oxygen atoms in total. The first-order valence-electron chi connectivity index (χ1n) is 18.5. The summed E-state index contributed by atoms with van der Waals surface area (Å²) in [7, 11) is 0. The molecule has 11 N–H and O–H groups in total. The van der Waals surface area contributed by atoms with Gasteiger partial charge in [-0.05, 0) is 73.2 Å². The summed E-state index contributed by atoms with van der Waals surface area (Å²) in [6, 6.07) is 15.3. The van der Waals surface area contributed by atoms with Crippen LogP contribution in [0.3, 0.4) is 0 Å². The van der Waals surface area contributed by atoms with Gasteiger partial charge in [-0.25, -0.2) is 0 Å². The Morgan fingerprint density at radius 2 is 1.46 bits per heavy atom. The summed E-state index contributed by atoms with van der Waals surface area (Å²) in [5, 5.41) is 33.0. The number of guanidine groups is 1.